The first-order chi connectivity index (χ1) is 5.81. The summed E-state index contributed by atoms with van der Waals surface area (Å²) in [5.41, 5.74) is 0. The van der Waals surface area contributed by atoms with Crippen molar-refractivity contribution < 1.29 is 17.2 Å². The molecule has 78 valence electrons. The molecule has 0 spiro atoms. The number of hydrogen-bond donors (Lipinski definition) is 1. The lowest BCUT2D eigenvalue weighted by atomic mass is 10.1. The molecule has 0 bridgehead atoms. The van der Waals surface area contributed by atoms with Crippen LogP contribution in [0.25, 0.3) is 0 Å². The van der Waals surface area contributed by atoms with Crippen LogP contribution in [0, 0.1) is 5.92 Å². The Balaban J connectivity index is 2.46. The van der Waals surface area contributed by atoms with Gasteiger partial charge >= 0.3 is 0 Å². The molecule has 0 radical (unpaired) electrons. The zero-order chi connectivity index (χ0) is 10.1. The zero-order valence-corrected chi connectivity index (χ0v) is 8.34. The Labute approximate surface area is 80.0 Å². The van der Waals surface area contributed by atoms with Crippen LogP contribution in [0.4, 0.5) is 8.78 Å². The van der Waals surface area contributed by atoms with E-state index in [-0.39, 0.29) is 13.0 Å². The van der Waals surface area contributed by atoms with Gasteiger partial charge < -0.3 is 0 Å². The smallest absolute Gasteiger partial charge is 0.207 e. The summed E-state index contributed by atoms with van der Waals surface area (Å²) in [5, 5.41) is 0. The number of nitrogens with one attached hydrogen (secondary N) is 1. The Morgan fingerprint density at radius 3 is 2.54 bits per heavy atom. The van der Waals surface area contributed by atoms with Crippen molar-refractivity contribution in [3.05, 3.63) is 0 Å². The highest BCUT2D eigenvalue weighted by Gasteiger charge is 2.43. The van der Waals surface area contributed by atoms with Crippen LogP contribution < -0.4 is 4.72 Å². The van der Waals surface area contributed by atoms with E-state index in [2.05, 4.69) is 0 Å². The van der Waals surface area contributed by atoms with Gasteiger partial charge in [-0.05, 0) is 12.8 Å². The Bertz CT molecular complexity index is 280. The van der Waals surface area contributed by atoms with E-state index in [9.17, 15) is 17.2 Å². The van der Waals surface area contributed by atoms with Crippen LogP contribution >= 0.6 is 10.7 Å². The summed E-state index contributed by atoms with van der Waals surface area (Å²) >= 11 is 0. The lowest BCUT2D eigenvalue weighted by molar-refractivity contribution is -0.0342. The highest BCUT2D eigenvalue weighted by Crippen LogP contribution is 2.39. The first-order valence-corrected chi connectivity index (χ1v) is 6.19. The maximum Gasteiger partial charge on any atom is 0.297 e. The van der Waals surface area contributed by atoms with Gasteiger partial charge in [-0.25, -0.2) is 13.5 Å². The Morgan fingerprint density at radius 1 is 1.54 bits per heavy atom. The molecule has 1 fully saturated rings. The first kappa shape index (κ1) is 11.1. The molecule has 0 aromatic heterocycles. The fourth-order valence-electron chi connectivity index (χ4n) is 1.45. The molecule has 3 nitrogen and oxygen atoms in total. The van der Waals surface area contributed by atoms with E-state index in [0.29, 0.717) is 12.8 Å². The minimum absolute atomic E-state index is 0.165. The zero-order valence-electron chi connectivity index (χ0n) is 6.76. The van der Waals surface area contributed by atoms with Crippen LogP contribution in [0.15, 0.2) is 0 Å². The van der Waals surface area contributed by atoms with Crippen molar-refractivity contribution in [1.82, 2.24) is 4.72 Å². The molecule has 7 heteroatoms. The SMILES string of the molecule is O=S(=O)(Cl)NCC1CCCC1(F)F. The van der Waals surface area contributed by atoms with Crippen molar-refractivity contribution in [2.75, 3.05) is 6.54 Å². The van der Waals surface area contributed by atoms with E-state index in [0.717, 1.165) is 0 Å². The third kappa shape index (κ3) is 3.36. The van der Waals surface area contributed by atoms with Crippen molar-refractivity contribution in [1.29, 1.82) is 0 Å². The number of halogens is 3. The third-order valence-electron chi connectivity index (χ3n) is 2.16. The second-order valence-electron chi connectivity index (χ2n) is 3.14. The van der Waals surface area contributed by atoms with E-state index in [1.807, 2.05) is 4.72 Å². The van der Waals surface area contributed by atoms with Crippen molar-refractivity contribution in [3.8, 4) is 0 Å². The molecule has 0 heterocycles. The van der Waals surface area contributed by atoms with E-state index >= 15 is 0 Å². The van der Waals surface area contributed by atoms with Gasteiger partial charge in [-0.15, -0.1) is 0 Å². The summed E-state index contributed by atoms with van der Waals surface area (Å²) in [5.74, 6) is -3.67. The summed E-state index contributed by atoms with van der Waals surface area (Å²) in [6.07, 6.45) is 0.607. The topological polar surface area (TPSA) is 46.2 Å². The fraction of sp³-hybridized carbons (Fsp3) is 1.00. The van der Waals surface area contributed by atoms with E-state index in [1.165, 1.54) is 0 Å². The van der Waals surface area contributed by atoms with Crippen LogP contribution in [-0.2, 0) is 9.24 Å². The number of hydrogen-bond acceptors (Lipinski definition) is 2. The summed E-state index contributed by atoms with van der Waals surface area (Å²) < 4.78 is 48.5. The predicted molar refractivity (Wildman–Crippen MR) is 45.1 cm³/mol. The lowest BCUT2D eigenvalue weighted by Crippen LogP contribution is -2.33. The largest absolute Gasteiger partial charge is 0.297 e. The molecular weight excluding hydrogens is 224 g/mol. The number of alkyl halides is 2. The molecule has 0 amide bonds. The summed E-state index contributed by atoms with van der Waals surface area (Å²) in [4.78, 5) is 0. The van der Waals surface area contributed by atoms with Crippen LogP contribution in [0.3, 0.4) is 0 Å². The molecule has 1 rings (SSSR count). The minimum Gasteiger partial charge on any atom is -0.207 e. The Morgan fingerprint density at radius 2 is 2.15 bits per heavy atom. The standard InChI is InChI=1S/C6H10ClF2NO2S/c7-13(11,12)10-4-5-2-1-3-6(5,8)9/h5,10H,1-4H2. The molecule has 1 unspecified atom stereocenters. The lowest BCUT2D eigenvalue weighted by Gasteiger charge is -2.17. The first-order valence-electron chi connectivity index (χ1n) is 3.88. The normalized spacial score (nSPS) is 27.8. The number of rotatable bonds is 3. The van der Waals surface area contributed by atoms with Gasteiger partial charge in [0.15, 0.2) is 0 Å². The molecule has 1 aliphatic rings. The van der Waals surface area contributed by atoms with E-state index in [4.69, 9.17) is 10.7 Å². The average Bonchev–Trinajstić information content (AvgIpc) is 2.23. The monoisotopic (exact) mass is 233 g/mol. The molecule has 13 heavy (non-hydrogen) atoms. The van der Waals surface area contributed by atoms with Gasteiger partial charge in [-0.3, -0.25) is 0 Å². The summed E-state index contributed by atoms with van der Waals surface area (Å²) in [7, 11) is 0.948. The van der Waals surface area contributed by atoms with Crippen LogP contribution in [0.2, 0.25) is 0 Å². The van der Waals surface area contributed by atoms with Gasteiger partial charge in [0.05, 0.1) is 0 Å². The molecule has 0 saturated heterocycles. The predicted octanol–water partition coefficient (Wildman–Crippen LogP) is 1.50. The van der Waals surface area contributed by atoms with Crippen LogP contribution in [0.5, 0.6) is 0 Å². The molecule has 0 aliphatic heterocycles. The van der Waals surface area contributed by atoms with Gasteiger partial charge in [-0.1, -0.05) is 0 Å². The van der Waals surface area contributed by atoms with Crippen molar-refractivity contribution >= 4 is 19.9 Å². The molecule has 1 saturated carbocycles. The van der Waals surface area contributed by atoms with Gasteiger partial charge in [-0.2, -0.15) is 8.42 Å². The van der Waals surface area contributed by atoms with Crippen LogP contribution in [-0.4, -0.2) is 20.9 Å². The fourth-order valence-corrected chi connectivity index (χ4v) is 2.04. The molecule has 1 N–H and O–H groups in total. The highest BCUT2D eigenvalue weighted by molar-refractivity contribution is 8.12. The van der Waals surface area contributed by atoms with Crippen molar-refractivity contribution in [2.24, 2.45) is 5.92 Å². The maximum atomic E-state index is 12.9. The molecular formula is C6H10ClF2NO2S. The second-order valence-corrected chi connectivity index (χ2v) is 5.52. The molecule has 0 aromatic carbocycles. The molecule has 1 aliphatic carbocycles. The van der Waals surface area contributed by atoms with E-state index < -0.39 is 21.1 Å². The minimum atomic E-state index is -3.87. The van der Waals surface area contributed by atoms with Crippen molar-refractivity contribution in [3.63, 3.8) is 0 Å². The van der Waals surface area contributed by atoms with Gasteiger partial charge in [0.2, 0.25) is 0 Å². The van der Waals surface area contributed by atoms with Gasteiger partial charge in [0.25, 0.3) is 15.2 Å². The quantitative estimate of drug-likeness (QED) is 0.751. The second kappa shape index (κ2) is 3.67. The average molecular weight is 234 g/mol. The van der Waals surface area contributed by atoms with Crippen molar-refractivity contribution in [2.45, 2.75) is 25.2 Å². The van der Waals surface area contributed by atoms with Crippen LogP contribution in [0.1, 0.15) is 19.3 Å². The Kier molecular flexibility index (Phi) is 3.14. The van der Waals surface area contributed by atoms with E-state index in [1.54, 1.807) is 0 Å². The Hall–Kier alpha value is 0.0600. The molecule has 1 atom stereocenters. The third-order valence-corrected chi connectivity index (χ3v) is 3.00. The van der Waals surface area contributed by atoms with Gasteiger partial charge in [0, 0.05) is 29.6 Å². The summed E-state index contributed by atoms with van der Waals surface area (Å²) in [6.45, 7) is -0.279. The summed E-state index contributed by atoms with van der Waals surface area (Å²) in [6, 6.07) is 0. The highest BCUT2D eigenvalue weighted by atomic mass is 35.7. The molecule has 0 aromatic rings. The maximum absolute atomic E-state index is 12.9. The van der Waals surface area contributed by atoms with Gasteiger partial charge in [0.1, 0.15) is 0 Å².